The Morgan fingerprint density at radius 2 is 1.93 bits per heavy atom. The van der Waals surface area contributed by atoms with E-state index >= 15 is 0 Å². The zero-order chi connectivity index (χ0) is 19.2. The molecule has 0 bridgehead atoms. The molecule has 0 spiro atoms. The molecule has 27 heavy (non-hydrogen) atoms. The van der Waals surface area contributed by atoms with Gasteiger partial charge in [0.05, 0.1) is 24.9 Å². The number of amides is 1. The summed E-state index contributed by atoms with van der Waals surface area (Å²) in [6.45, 7) is 2.32. The van der Waals surface area contributed by atoms with Gasteiger partial charge in [-0.25, -0.2) is 4.98 Å². The molecule has 2 aromatic rings. The van der Waals surface area contributed by atoms with Gasteiger partial charge >= 0.3 is 0 Å². The van der Waals surface area contributed by atoms with E-state index in [2.05, 4.69) is 4.98 Å². The van der Waals surface area contributed by atoms with E-state index in [1.165, 1.54) is 16.9 Å². The van der Waals surface area contributed by atoms with Gasteiger partial charge in [-0.3, -0.25) is 14.2 Å². The van der Waals surface area contributed by atoms with Gasteiger partial charge in [-0.2, -0.15) is 0 Å². The lowest BCUT2D eigenvalue weighted by Gasteiger charge is -2.22. The van der Waals surface area contributed by atoms with Crippen LogP contribution in [0.1, 0.15) is 29.7 Å². The molecule has 1 aliphatic rings. The molecule has 0 saturated carbocycles. The predicted octanol–water partition coefficient (Wildman–Crippen LogP) is 1.85. The van der Waals surface area contributed by atoms with Crippen molar-refractivity contribution in [3.8, 4) is 0 Å². The van der Waals surface area contributed by atoms with Crippen LogP contribution < -0.4 is 5.56 Å². The van der Waals surface area contributed by atoms with E-state index in [1.54, 1.807) is 41.4 Å². The first kappa shape index (κ1) is 20.0. The van der Waals surface area contributed by atoms with Crippen LogP contribution in [-0.2, 0) is 33.7 Å². The van der Waals surface area contributed by atoms with Crippen molar-refractivity contribution >= 4 is 27.5 Å². The maximum atomic E-state index is 13.0. The van der Waals surface area contributed by atoms with Crippen molar-refractivity contribution in [2.45, 2.75) is 38.6 Å². The number of aromatic nitrogens is 2. The molecule has 7 nitrogen and oxygen atoms in total. The van der Waals surface area contributed by atoms with Gasteiger partial charge in [-0.1, -0.05) is 0 Å². The summed E-state index contributed by atoms with van der Waals surface area (Å²) in [5, 5.41) is 0.764. The molecule has 1 aliphatic carbocycles. The molecule has 0 aliphatic heterocycles. The summed E-state index contributed by atoms with van der Waals surface area (Å²) in [6.07, 6.45) is 6.14. The number of methoxy groups -OCH3 is 2. The van der Waals surface area contributed by atoms with Crippen molar-refractivity contribution in [2.75, 3.05) is 40.5 Å². The Kier molecular flexibility index (Phi) is 6.98. The van der Waals surface area contributed by atoms with Crippen LogP contribution in [-0.4, -0.2) is 60.9 Å². The molecule has 148 valence electrons. The number of thiophene rings is 1. The fraction of sp³-hybridized carbons (Fsp3) is 0.632. The molecule has 0 unspecified atom stereocenters. The Bertz CT molecular complexity index is 837. The summed E-state index contributed by atoms with van der Waals surface area (Å²) in [6, 6.07) is 0. The highest BCUT2D eigenvalue weighted by molar-refractivity contribution is 7.18. The Hall–Kier alpha value is -1.77. The fourth-order valence-electron chi connectivity index (χ4n) is 3.48. The van der Waals surface area contributed by atoms with Gasteiger partial charge in [0.2, 0.25) is 5.91 Å². The second-order valence-corrected chi connectivity index (χ2v) is 7.83. The zero-order valence-electron chi connectivity index (χ0n) is 16.0. The lowest BCUT2D eigenvalue weighted by molar-refractivity contribution is -0.132. The van der Waals surface area contributed by atoms with Crippen LogP contribution in [0.25, 0.3) is 10.2 Å². The molecule has 2 heterocycles. The Morgan fingerprint density at radius 3 is 2.63 bits per heavy atom. The first-order valence-corrected chi connectivity index (χ1v) is 10.2. The third kappa shape index (κ3) is 4.56. The summed E-state index contributed by atoms with van der Waals surface area (Å²) in [5.41, 5.74) is 1.16. The summed E-state index contributed by atoms with van der Waals surface area (Å²) in [7, 11) is 3.22. The number of carbonyl (C=O) groups is 1. The maximum absolute atomic E-state index is 13.0. The zero-order valence-corrected chi connectivity index (χ0v) is 16.8. The highest BCUT2D eigenvalue weighted by atomic mass is 32.1. The highest BCUT2D eigenvalue weighted by Crippen LogP contribution is 2.33. The van der Waals surface area contributed by atoms with E-state index in [4.69, 9.17) is 9.47 Å². The molecule has 3 rings (SSSR count). The molecule has 0 radical (unpaired) electrons. The molecule has 0 saturated heterocycles. The first-order chi connectivity index (χ1) is 13.2. The van der Waals surface area contributed by atoms with E-state index in [-0.39, 0.29) is 17.9 Å². The number of carbonyl (C=O) groups excluding carboxylic acids is 1. The average Bonchev–Trinajstić information content (AvgIpc) is 3.06. The van der Waals surface area contributed by atoms with Gasteiger partial charge < -0.3 is 14.4 Å². The summed E-state index contributed by atoms with van der Waals surface area (Å²) < 4.78 is 11.7. The van der Waals surface area contributed by atoms with Gasteiger partial charge in [0, 0.05) is 45.2 Å². The Labute approximate surface area is 162 Å². The SMILES string of the molecule is COCCN(CCOC)C(=O)CCn1cnc2sc3c(c2c1=O)CCCC3. The van der Waals surface area contributed by atoms with Crippen LogP contribution in [0.2, 0.25) is 0 Å². The van der Waals surface area contributed by atoms with Crippen molar-refractivity contribution in [1.82, 2.24) is 14.5 Å². The molecule has 0 fully saturated rings. The monoisotopic (exact) mass is 393 g/mol. The van der Waals surface area contributed by atoms with Crippen LogP contribution in [0.15, 0.2) is 11.1 Å². The van der Waals surface area contributed by atoms with Gasteiger partial charge in [0.15, 0.2) is 0 Å². The average molecular weight is 394 g/mol. The molecular formula is C19H27N3O4S. The standard InChI is InChI=1S/C19H27N3O4S/c1-25-11-9-21(10-12-26-2)16(23)7-8-22-13-20-18-17(19(22)24)14-5-3-4-6-15(14)27-18/h13H,3-12H2,1-2H3. The smallest absolute Gasteiger partial charge is 0.262 e. The van der Waals surface area contributed by atoms with Crippen LogP contribution in [0.5, 0.6) is 0 Å². The second-order valence-electron chi connectivity index (χ2n) is 6.75. The minimum Gasteiger partial charge on any atom is -0.383 e. The fourth-order valence-corrected chi connectivity index (χ4v) is 4.70. The molecular weight excluding hydrogens is 366 g/mol. The van der Waals surface area contributed by atoms with Crippen molar-refractivity contribution in [3.63, 3.8) is 0 Å². The van der Waals surface area contributed by atoms with Gasteiger partial charge in [0.1, 0.15) is 4.83 Å². The number of ether oxygens (including phenoxy) is 2. The van der Waals surface area contributed by atoms with E-state index in [0.717, 1.165) is 29.5 Å². The molecule has 1 amide bonds. The molecule has 0 atom stereocenters. The van der Waals surface area contributed by atoms with E-state index < -0.39 is 0 Å². The molecule has 8 heteroatoms. The molecule has 0 N–H and O–H groups in total. The minimum atomic E-state index is -0.0208. The summed E-state index contributed by atoms with van der Waals surface area (Å²) in [5.74, 6) is -0.0107. The number of hydrogen-bond donors (Lipinski definition) is 0. The van der Waals surface area contributed by atoms with Gasteiger partial charge in [0.25, 0.3) is 5.56 Å². The van der Waals surface area contributed by atoms with Crippen LogP contribution >= 0.6 is 11.3 Å². The Balaban J connectivity index is 1.73. The van der Waals surface area contributed by atoms with E-state index in [0.29, 0.717) is 32.8 Å². The third-order valence-corrected chi connectivity index (χ3v) is 6.19. The van der Waals surface area contributed by atoms with Crippen molar-refractivity contribution in [3.05, 3.63) is 27.1 Å². The van der Waals surface area contributed by atoms with Crippen molar-refractivity contribution < 1.29 is 14.3 Å². The number of aryl methyl sites for hydroxylation is 3. The number of nitrogens with zero attached hydrogens (tertiary/aromatic N) is 3. The number of fused-ring (bicyclic) bond motifs is 3. The third-order valence-electron chi connectivity index (χ3n) is 4.99. The molecule has 0 aromatic carbocycles. The van der Waals surface area contributed by atoms with Crippen LogP contribution in [0, 0.1) is 0 Å². The largest absolute Gasteiger partial charge is 0.383 e. The summed E-state index contributed by atoms with van der Waals surface area (Å²) in [4.78, 5) is 33.9. The Morgan fingerprint density at radius 1 is 1.22 bits per heavy atom. The normalized spacial score (nSPS) is 13.7. The topological polar surface area (TPSA) is 73.7 Å². The number of hydrogen-bond acceptors (Lipinski definition) is 6. The second kappa shape index (κ2) is 9.43. The summed E-state index contributed by atoms with van der Waals surface area (Å²) >= 11 is 1.64. The lowest BCUT2D eigenvalue weighted by atomic mass is 9.97. The highest BCUT2D eigenvalue weighted by Gasteiger charge is 2.20. The minimum absolute atomic E-state index is 0.0107. The lowest BCUT2D eigenvalue weighted by Crippen LogP contribution is -2.37. The first-order valence-electron chi connectivity index (χ1n) is 9.41. The van der Waals surface area contributed by atoms with Gasteiger partial charge in [-0.05, 0) is 31.2 Å². The maximum Gasteiger partial charge on any atom is 0.262 e. The van der Waals surface area contributed by atoms with Crippen LogP contribution in [0.3, 0.4) is 0 Å². The quantitative estimate of drug-likeness (QED) is 0.650. The van der Waals surface area contributed by atoms with Crippen molar-refractivity contribution in [1.29, 1.82) is 0 Å². The predicted molar refractivity (Wildman–Crippen MR) is 105 cm³/mol. The van der Waals surface area contributed by atoms with Gasteiger partial charge in [-0.15, -0.1) is 11.3 Å². The van der Waals surface area contributed by atoms with E-state index in [9.17, 15) is 9.59 Å². The van der Waals surface area contributed by atoms with E-state index in [1.807, 2.05) is 0 Å². The number of rotatable bonds is 9. The van der Waals surface area contributed by atoms with Crippen molar-refractivity contribution in [2.24, 2.45) is 0 Å². The molecule has 2 aromatic heterocycles. The van der Waals surface area contributed by atoms with Crippen LogP contribution in [0.4, 0.5) is 0 Å².